The van der Waals surface area contributed by atoms with E-state index in [0.717, 1.165) is 4.90 Å². The summed E-state index contributed by atoms with van der Waals surface area (Å²) in [6.07, 6.45) is 1.38. The number of anilines is 2. The second-order valence-corrected chi connectivity index (χ2v) is 9.01. The van der Waals surface area contributed by atoms with Crippen molar-refractivity contribution in [2.24, 2.45) is 0 Å². The van der Waals surface area contributed by atoms with Gasteiger partial charge in [0.1, 0.15) is 18.2 Å². The van der Waals surface area contributed by atoms with Gasteiger partial charge in [-0.05, 0) is 60.3 Å². The summed E-state index contributed by atoms with van der Waals surface area (Å²) in [5, 5.41) is 4.22. The molecule has 0 saturated carbocycles. The topological polar surface area (TPSA) is 114 Å². The molecule has 12 heteroatoms. The number of ether oxygens (including phenoxy) is 2. The van der Waals surface area contributed by atoms with Crippen LogP contribution in [0.5, 0.6) is 11.5 Å². The Balaban J connectivity index is 1.47. The third-order valence-electron chi connectivity index (χ3n) is 5.31. The average Bonchev–Trinajstić information content (AvgIpc) is 3.17. The van der Waals surface area contributed by atoms with Crippen LogP contribution in [0.4, 0.5) is 25.0 Å². The molecule has 0 unspecified atom stereocenters. The van der Waals surface area contributed by atoms with Crippen molar-refractivity contribution in [2.75, 3.05) is 30.9 Å². The summed E-state index contributed by atoms with van der Waals surface area (Å²) in [6, 6.07) is 15.5. The summed E-state index contributed by atoms with van der Waals surface area (Å²) in [5.74, 6) is -2.70. The van der Waals surface area contributed by atoms with E-state index in [-0.39, 0.29) is 22.1 Å². The van der Waals surface area contributed by atoms with Crippen molar-refractivity contribution in [1.29, 1.82) is 0 Å². The maximum absolute atomic E-state index is 13.8. The van der Waals surface area contributed by atoms with Crippen molar-refractivity contribution >= 4 is 52.2 Å². The highest BCUT2D eigenvalue weighted by Gasteiger charge is 2.36. The Morgan fingerprint density at radius 3 is 2.41 bits per heavy atom. The summed E-state index contributed by atoms with van der Waals surface area (Å²) >= 11 is 0.616. The summed E-state index contributed by atoms with van der Waals surface area (Å²) in [6.45, 7) is -1.04. The lowest BCUT2D eigenvalue weighted by molar-refractivity contribution is -0.127. The number of nitrogens with one attached hydrogen (secondary N) is 2. The number of carbonyl (C=O) groups is 4. The maximum atomic E-state index is 13.8. The van der Waals surface area contributed by atoms with Crippen LogP contribution >= 0.6 is 11.8 Å². The third-order valence-corrected chi connectivity index (χ3v) is 6.22. The van der Waals surface area contributed by atoms with Gasteiger partial charge in [-0.25, -0.2) is 8.78 Å². The molecule has 0 atom stereocenters. The minimum Gasteiger partial charge on any atom is -0.493 e. The van der Waals surface area contributed by atoms with Gasteiger partial charge in [-0.1, -0.05) is 24.3 Å². The molecule has 0 bridgehead atoms. The lowest BCUT2D eigenvalue weighted by Crippen LogP contribution is -2.36. The van der Waals surface area contributed by atoms with E-state index >= 15 is 0 Å². The number of benzene rings is 3. The molecule has 200 valence electrons. The SMILES string of the molecule is COc1cccc(/C=C2/SC(=O)N(CC(=O)Nc3ccccc3F)C2=O)c1OCC(=O)Nc1ccc(F)cc1. The van der Waals surface area contributed by atoms with Crippen molar-refractivity contribution in [3.05, 3.63) is 88.8 Å². The Bertz CT molecular complexity index is 1460. The predicted octanol–water partition coefficient (Wildman–Crippen LogP) is 4.67. The normalized spacial score (nSPS) is 13.9. The molecule has 4 rings (SSSR count). The summed E-state index contributed by atoms with van der Waals surface area (Å²) in [4.78, 5) is 50.9. The van der Waals surface area contributed by atoms with Gasteiger partial charge in [0.25, 0.3) is 17.1 Å². The summed E-state index contributed by atoms with van der Waals surface area (Å²) in [5.41, 5.74) is 0.634. The standard InChI is InChI=1S/C27H21F2N3O6S/c1-37-21-8-4-5-16(25(21)38-15-24(34)30-18-11-9-17(28)10-12-18)13-22-26(35)32(27(36)39-22)14-23(33)31-20-7-3-2-6-19(20)29/h2-13H,14-15H2,1H3,(H,30,34)(H,31,33)/b22-13+. The van der Waals surface area contributed by atoms with Gasteiger partial charge in [0.15, 0.2) is 18.1 Å². The summed E-state index contributed by atoms with van der Waals surface area (Å²) in [7, 11) is 1.40. The number of para-hydroxylation sites is 2. The van der Waals surface area contributed by atoms with Gasteiger partial charge < -0.3 is 20.1 Å². The zero-order valence-electron chi connectivity index (χ0n) is 20.4. The molecule has 0 aromatic heterocycles. The summed E-state index contributed by atoms with van der Waals surface area (Å²) < 4.78 is 37.9. The van der Waals surface area contributed by atoms with E-state index in [4.69, 9.17) is 9.47 Å². The first kappa shape index (κ1) is 27.3. The highest BCUT2D eigenvalue weighted by Crippen LogP contribution is 2.37. The van der Waals surface area contributed by atoms with Crippen molar-refractivity contribution in [3.8, 4) is 11.5 Å². The van der Waals surface area contributed by atoms with E-state index in [2.05, 4.69) is 10.6 Å². The van der Waals surface area contributed by atoms with E-state index in [1.165, 1.54) is 61.7 Å². The minimum absolute atomic E-state index is 0.00700. The first-order valence-electron chi connectivity index (χ1n) is 11.4. The van der Waals surface area contributed by atoms with E-state index in [0.29, 0.717) is 23.0 Å². The first-order valence-corrected chi connectivity index (χ1v) is 12.2. The number of rotatable bonds is 9. The molecule has 0 spiro atoms. The van der Waals surface area contributed by atoms with Crippen LogP contribution in [0, 0.1) is 11.6 Å². The van der Waals surface area contributed by atoms with E-state index in [1.54, 1.807) is 18.2 Å². The second-order valence-electron chi connectivity index (χ2n) is 8.02. The molecule has 1 aliphatic heterocycles. The molecule has 4 amide bonds. The van der Waals surface area contributed by atoms with Crippen LogP contribution in [0.25, 0.3) is 6.08 Å². The highest BCUT2D eigenvalue weighted by atomic mass is 32.2. The number of carbonyl (C=O) groups excluding carboxylic acids is 4. The molecule has 1 fully saturated rings. The van der Waals surface area contributed by atoms with Gasteiger partial charge in [0, 0.05) is 11.3 Å². The number of hydrogen-bond acceptors (Lipinski definition) is 7. The van der Waals surface area contributed by atoms with Crippen LogP contribution in [0.15, 0.2) is 71.6 Å². The monoisotopic (exact) mass is 553 g/mol. The van der Waals surface area contributed by atoms with Gasteiger partial charge in [0.2, 0.25) is 5.91 Å². The number of halogens is 2. The lowest BCUT2D eigenvalue weighted by atomic mass is 10.1. The van der Waals surface area contributed by atoms with Crippen molar-refractivity contribution in [3.63, 3.8) is 0 Å². The smallest absolute Gasteiger partial charge is 0.294 e. The number of thioether (sulfide) groups is 1. The molecule has 1 aliphatic rings. The van der Waals surface area contributed by atoms with E-state index in [1.807, 2.05) is 0 Å². The lowest BCUT2D eigenvalue weighted by Gasteiger charge is -2.14. The zero-order valence-corrected chi connectivity index (χ0v) is 21.2. The molecule has 0 aliphatic carbocycles. The Labute approximate surface area is 225 Å². The molecule has 9 nitrogen and oxygen atoms in total. The Morgan fingerprint density at radius 1 is 0.949 bits per heavy atom. The number of imide groups is 1. The molecular weight excluding hydrogens is 532 g/mol. The zero-order chi connectivity index (χ0) is 27.9. The number of methoxy groups -OCH3 is 1. The highest BCUT2D eigenvalue weighted by molar-refractivity contribution is 8.18. The molecule has 0 radical (unpaired) electrons. The van der Waals surface area contributed by atoms with Crippen LogP contribution in [0.3, 0.4) is 0 Å². The molecule has 3 aromatic carbocycles. The fourth-order valence-corrected chi connectivity index (χ4v) is 4.33. The Kier molecular flexibility index (Phi) is 8.56. The molecule has 3 aromatic rings. The van der Waals surface area contributed by atoms with Gasteiger partial charge in [0.05, 0.1) is 17.7 Å². The molecule has 39 heavy (non-hydrogen) atoms. The fourth-order valence-electron chi connectivity index (χ4n) is 3.50. The van der Waals surface area contributed by atoms with Crippen LogP contribution in [-0.2, 0) is 14.4 Å². The van der Waals surface area contributed by atoms with Crippen LogP contribution in [0.2, 0.25) is 0 Å². The van der Waals surface area contributed by atoms with Crippen molar-refractivity contribution in [2.45, 2.75) is 0 Å². The van der Waals surface area contributed by atoms with Crippen molar-refractivity contribution < 1.29 is 37.4 Å². The average molecular weight is 554 g/mol. The Morgan fingerprint density at radius 2 is 1.69 bits per heavy atom. The van der Waals surface area contributed by atoms with E-state index in [9.17, 15) is 28.0 Å². The van der Waals surface area contributed by atoms with Gasteiger partial charge in [-0.3, -0.25) is 24.1 Å². The number of amides is 4. The largest absolute Gasteiger partial charge is 0.493 e. The maximum Gasteiger partial charge on any atom is 0.294 e. The Hall–Kier alpha value is -4.71. The predicted molar refractivity (Wildman–Crippen MR) is 141 cm³/mol. The molecule has 2 N–H and O–H groups in total. The van der Waals surface area contributed by atoms with Gasteiger partial charge >= 0.3 is 0 Å². The van der Waals surface area contributed by atoms with Gasteiger partial charge in [-0.15, -0.1) is 0 Å². The molecule has 1 saturated heterocycles. The fraction of sp³-hybridized carbons (Fsp3) is 0.111. The van der Waals surface area contributed by atoms with Crippen molar-refractivity contribution in [1.82, 2.24) is 4.90 Å². The second kappa shape index (κ2) is 12.2. The molecular formula is C27H21F2N3O6S. The number of hydrogen-bond donors (Lipinski definition) is 2. The van der Waals surface area contributed by atoms with E-state index < -0.39 is 47.7 Å². The minimum atomic E-state index is -0.749. The third kappa shape index (κ3) is 6.79. The number of nitrogens with zero attached hydrogens (tertiary/aromatic N) is 1. The van der Waals surface area contributed by atoms with Crippen LogP contribution in [-0.4, -0.2) is 48.1 Å². The van der Waals surface area contributed by atoms with Crippen LogP contribution in [0.1, 0.15) is 5.56 Å². The molecule has 1 heterocycles. The first-order chi connectivity index (χ1) is 18.7. The quantitative estimate of drug-likeness (QED) is 0.371. The van der Waals surface area contributed by atoms with Crippen LogP contribution < -0.4 is 20.1 Å². The van der Waals surface area contributed by atoms with Gasteiger partial charge in [-0.2, -0.15) is 0 Å².